The zero-order valence-electron chi connectivity index (χ0n) is 26.4. The van der Waals surface area contributed by atoms with Crippen LogP contribution in [0.5, 0.6) is 0 Å². The van der Waals surface area contributed by atoms with Gasteiger partial charge in [-0.2, -0.15) is 0 Å². The molecule has 2 aliphatic rings. The van der Waals surface area contributed by atoms with Crippen LogP contribution in [0.25, 0.3) is 0 Å². The maximum Gasteiger partial charge on any atom is 0.305 e. The Bertz CT molecular complexity index is 1480. The lowest BCUT2D eigenvalue weighted by Gasteiger charge is -2.39. The Morgan fingerprint density at radius 1 is 1.13 bits per heavy atom. The Labute approximate surface area is 268 Å². The lowest BCUT2D eigenvalue weighted by atomic mass is 9.82. The Morgan fingerprint density at radius 3 is 2.52 bits per heavy atom. The highest BCUT2D eigenvalue weighted by Gasteiger charge is 2.53. The van der Waals surface area contributed by atoms with Crippen LogP contribution in [0.3, 0.4) is 0 Å². The number of β-lactam (4-membered cyclic amide) rings is 1. The molecule has 4 rings (SSSR count). The van der Waals surface area contributed by atoms with Crippen LogP contribution in [-0.4, -0.2) is 77.8 Å². The Balaban J connectivity index is 1.57. The lowest BCUT2D eigenvalue weighted by Crippen LogP contribution is -2.55. The molecule has 0 radical (unpaired) electrons. The van der Waals surface area contributed by atoms with Gasteiger partial charge in [0.25, 0.3) is 5.91 Å². The van der Waals surface area contributed by atoms with Gasteiger partial charge in [-0.3, -0.25) is 28.9 Å². The van der Waals surface area contributed by atoms with Crippen LogP contribution >= 0.6 is 0 Å². The van der Waals surface area contributed by atoms with Crippen molar-refractivity contribution in [1.29, 1.82) is 0 Å². The largest absolute Gasteiger partial charge is 0.469 e. The number of amides is 3. The van der Waals surface area contributed by atoms with Crippen molar-refractivity contribution in [2.75, 3.05) is 36.6 Å². The average molecular weight is 636 g/mol. The molecule has 2 N–H and O–H groups in total. The summed E-state index contributed by atoms with van der Waals surface area (Å²) in [6, 6.07) is 14.3. The number of unbranched alkanes of at least 4 members (excludes halogenated alkanes) is 1. The van der Waals surface area contributed by atoms with Gasteiger partial charge in [-0.05, 0) is 36.6 Å². The highest BCUT2D eigenvalue weighted by atomic mass is 16.6. The molecule has 0 saturated carbocycles. The fraction of sp³-hybridized carbons (Fsp3) is 0.441. The molecule has 3 amide bonds. The summed E-state index contributed by atoms with van der Waals surface area (Å²) >= 11 is 0. The van der Waals surface area contributed by atoms with Gasteiger partial charge in [0.2, 0.25) is 11.8 Å². The van der Waals surface area contributed by atoms with E-state index in [1.54, 1.807) is 42.2 Å². The first-order valence-corrected chi connectivity index (χ1v) is 15.3. The van der Waals surface area contributed by atoms with Crippen LogP contribution < -0.4 is 9.80 Å². The summed E-state index contributed by atoms with van der Waals surface area (Å²) in [5.41, 5.74) is -0.0131. The molecule has 1 saturated heterocycles. The number of hydrogen-bond acceptors (Lipinski definition) is 9. The molecule has 46 heavy (non-hydrogen) atoms. The number of aliphatic hydroxyl groups excluding tert-OH is 1. The van der Waals surface area contributed by atoms with Crippen LogP contribution in [-0.2, 0) is 45.6 Å². The minimum absolute atomic E-state index is 0.0159. The summed E-state index contributed by atoms with van der Waals surface area (Å²) in [6.45, 7) is 3.44. The normalized spacial score (nSPS) is 19.5. The molecule has 0 aliphatic carbocycles. The van der Waals surface area contributed by atoms with E-state index in [9.17, 15) is 34.2 Å². The molecule has 2 aliphatic heterocycles. The van der Waals surface area contributed by atoms with E-state index in [1.165, 1.54) is 23.8 Å². The number of nitrogens with zero attached hydrogens (tertiary/aromatic N) is 3. The number of anilines is 2. The van der Waals surface area contributed by atoms with E-state index in [4.69, 9.17) is 9.47 Å². The summed E-state index contributed by atoms with van der Waals surface area (Å²) in [5.74, 6) is -2.76. The first kappa shape index (κ1) is 34.3. The monoisotopic (exact) mass is 635 g/mol. The minimum Gasteiger partial charge on any atom is -0.469 e. The molecule has 0 bridgehead atoms. The molecular weight excluding hydrogens is 594 g/mol. The number of esters is 2. The molecule has 12 nitrogen and oxygen atoms in total. The van der Waals surface area contributed by atoms with Crippen molar-refractivity contribution >= 4 is 41.0 Å². The zero-order chi connectivity index (χ0) is 33.4. The van der Waals surface area contributed by atoms with Crippen LogP contribution in [0, 0.1) is 5.92 Å². The highest BCUT2D eigenvalue weighted by Crippen LogP contribution is 2.47. The summed E-state index contributed by atoms with van der Waals surface area (Å²) in [6.07, 6.45) is 3.57. The van der Waals surface area contributed by atoms with Gasteiger partial charge in [0.05, 0.1) is 25.8 Å². The molecule has 2 heterocycles. The van der Waals surface area contributed by atoms with Crippen LogP contribution in [0.2, 0.25) is 0 Å². The van der Waals surface area contributed by atoms with Gasteiger partial charge in [-0.25, -0.2) is 0 Å². The van der Waals surface area contributed by atoms with E-state index < -0.39 is 29.6 Å². The van der Waals surface area contributed by atoms with Gasteiger partial charge < -0.3 is 29.5 Å². The third-order valence-electron chi connectivity index (χ3n) is 8.29. The van der Waals surface area contributed by atoms with E-state index in [-0.39, 0.29) is 62.3 Å². The van der Waals surface area contributed by atoms with E-state index in [2.05, 4.69) is 0 Å². The molecular formula is C34H41N3O9. The second-order valence-electron chi connectivity index (χ2n) is 11.4. The number of fused-ring (bicyclic) bond motifs is 1. The second kappa shape index (κ2) is 15.2. The molecule has 12 heteroatoms. The summed E-state index contributed by atoms with van der Waals surface area (Å²) in [7, 11) is 1.31. The van der Waals surface area contributed by atoms with Gasteiger partial charge in [0.1, 0.15) is 0 Å². The number of benzene rings is 2. The number of methoxy groups -OCH3 is 1. The van der Waals surface area contributed by atoms with E-state index in [0.29, 0.717) is 30.8 Å². The first-order chi connectivity index (χ1) is 22.0. The Morgan fingerprint density at radius 2 is 1.87 bits per heavy atom. The maximum atomic E-state index is 13.9. The van der Waals surface area contributed by atoms with Crippen molar-refractivity contribution in [2.45, 2.75) is 64.3 Å². The van der Waals surface area contributed by atoms with Crippen molar-refractivity contribution in [2.24, 2.45) is 5.92 Å². The third-order valence-corrected chi connectivity index (χ3v) is 8.29. The van der Waals surface area contributed by atoms with Crippen molar-refractivity contribution < 1.29 is 43.7 Å². The number of carbonyl (C=O) groups excluding carboxylic acids is 5. The molecule has 2 aromatic carbocycles. The molecule has 246 valence electrons. The lowest BCUT2D eigenvalue weighted by molar-refractivity contribution is -0.154. The van der Waals surface area contributed by atoms with Crippen molar-refractivity contribution in [3.8, 4) is 0 Å². The summed E-state index contributed by atoms with van der Waals surface area (Å²) in [4.78, 5) is 67.0. The molecule has 1 unspecified atom stereocenters. The molecule has 0 aromatic heterocycles. The average Bonchev–Trinajstić information content (AvgIpc) is 3.24. The molecule has 2 aromatic rings. The molecule has 3 atom stereocenters. The number of carbonyl (C=O) groups is 5. The predicted molar refractivity (Wildman–Crippen MR) is 168 cm³/mol. The molecule has 1 fully saturated rings. The number of ether oxygens (including phenoxy) is 2. The van der Waals surface area contributed by atoms with Gasteiger partial charge in [0.15, 0.2) is 11.8 Å². The van der Waals surface area contributed by atoms with Crippen molar-refractivity contribution in [3.63, 3.8) is 0 Å². The summed E-state index contributed by atoms with van der Waals surface area (Å²) < 4.78 is 9.95. The highest BCUT2D eigenvalue weighted by molar-refractivity contribution is 6.08. The van der Waals surface area contributed by atoms with E-state index >= 15 is 0 Å². The minimum atomic E-state index is -2.03. The van der Waals surface area contributed by atoms with Crippen LogP contribution in [0.4, 0.5) is 11.4 Å². The smallest absolute Gasteiger partial charge is 0.305 e. The Kier molecular flexibility index (Phi) is 11.3. The van der Waals surface area contributed by atoms with Gasteiger partial charge in [0, 0.05) is 56.6 Å². The fourth-order valence-corrected chi connectivity index (χ4v) is 5.79. The van der Waals surface area contributed by atoms with Crippen molar-refractivity contribution in [3.05, 3.63) is 71.8 Å². The second-order valence-corrected chi connectivity index (χ2v) is 11.4. The molecule has 0 spiro atoms. The van der Waals surface area contributed by atoms with Gasteiger partial charge >= 0.3 is 11.9 Å². The number of hydrogen-bond donors (Lipinski definition) is 2. The quantitative estimate of drug-likeness (QED) is 0.130. The predicted octanol–water partition coefficient (Wildman–Crippen LogP) is 2.79. The van der Waals surface area contributed by atoms with Crippen molar-refractivity contribution in [1.82, 2.24) is 4.90 Å². The zero-order valence-corrected chi connectivity index (χ0v) is 26.4. The standard InChI is InChI=1S/C34H41N3O9/c1-23(10-9-13-29(40)35(18-19-38)22-25-11-5-4-6-12-25)34(44)27-20-26(37-30(41)21-31(37)46-24(2)39)15-16-28(27)36(33(34)43)17-8-7-14-32(42)45-3/h4-6,9-12,15-16,20,23,31,38,44H,7-8,13-14,17-19,21-22H2,1-3H3/b10-9+/t23-,31?,34+/m0/s1. The van der Waals surface area contributed by atoms with E-state index in [1.807, 2.05) is 30.3 Å². The number of aliphatic hydroxyl groups is 2. The van der Waals surface area contributed by atoms with Crippen LogP contribution in [0.1, 0.15) is 57.1 Å². The maximum absolute atomic E-state index is 13.9. The first-order valence-electron chi connectivity index (χ1n) is 15.3. The Hall–Kier alpha value is -4.55. The summed E-state index contributed by atoms with van der Waals surface area (Å²) in [5, 5.41) is 21.6. The fourth-order valence-electron chi connectivity index (χ4n) is 5.79. The topological polar surface area (TPSA) is 154 Å². The SMILES string of the molecule is COC(=O)CCCCN1C(=O)[C@@](O)([C@@H](C)/C=C/CC(=O)N(CCO)Cc2ccccc2)c2cc(N3C(=O)CC3OC(C)=O)ccc21. The van der Waals surface area contributed by atoms with Crippen LogP contribution in [0.15, 0.2) is 60.7 Å². The third kappa shape index (κ3) is 7.45. The van der Waals surface area contributed by atoms with E-state index in [0.717, 1.165) is 5.56 Å². The number of rotatable bonds is 15. The van der Waals surface area contributed by atoms with Gasteiger partial charge in [-0.1, -0.05) is 49.4 Å². The van der Waals surface area contributed by atoms with Gasteiger partial charge in [-0.15, -0.1) is 0 Å².